The molecule has 0 fully saturated rings. The van der Waals surface area contributed by atoms with E-state index in [0.717, 1.165) is 11.1 Å². The Labute approximate surface area is 158 Å². The number of carbonyl (C=O) groups excluding carboxylic acids is 1. The number of Topliss-reactive ketones (excluding diaryl/α,β-unsaturated/α-hetero) is 1. The second-order valence-electron chi connectivity index (χ2n) is 8.34. The Balaban J connectivity index is 2.22. The number of ether oxygens (including phenoxy) is 2. The first kappa shape index (κ1) is 17.8. The highest BCUT2D eigenvalue weighted by atomic mass is 16.5. The molecule has 2 aliphatic rings. The minimum Gasteiger partial charge on any atom is -0.488 e. The van der Waals surface area contributed by atoms with Crippen LogP contribution in [-0.2, 0) is 0 Å². The van der Waals surface area contributed by atoms with Gasteiger partial charge in [-0.05, 0) is 44.4 Å². The maximum atomic E-state index is 13.1. The number of carbonyl (C=O) groups is 1. The summed E-state index contributed by atoms with van der Waals surface area (Å²) in [7, 11) is 0. The van der Waals surface area contributed by atoms with Gasteiger partial charge in [0.15, 0.2) is 11.4 Å². The molecule has 27 heavy (non-hydrogen) atoms. The minimum absolute atomic E-state index is 0.0623. The molecule has 0 aliphatic carbocycles. The molecule has 2 atom stereocenters. The van der Waals surface area contributed by atoms with Gasteiger partial charge in [-0.25, -0.2) is 4.79 Å². The molecule has 3 heterocycles. The van der Waals surface area contributed by atoms with Crippen LogP contribution in [0.1, 0.15) is 68.9 Å². The summed E-state index contributed by atoms with van der Waals surface area (Å²) in [6, 6.07) is 1.49. The zero-order valence-electron chi connectivity index (χ0n) is 16.5. The summed E-state index contributed by atoms with van der Waals surface area (Å²) in [6.07, 6.45) is 3.63. The average Bonchev–Trinajstić information content (AvgIpc) is 2.57. The van der Waals surface area contributed by atoms with Crippen LogP contribution < -0.4 is 15.1 Å². The first-order valence-electron chi connectivity index (χ1n) is 9.37. The molecule has 1 aromatic heterocycles. The van der Waals surface area contributed by atoms with Gasteiger partial charge in [-0.15, -0.1) is 0 Å². The lowest BCUT2D eigenvalue weighted by molar-refractivity contribution is 0.0728. The Hall–Kier alpha value is -2.56. The van der Waals surface area contributed by atoms with Crippen molar-refractivity contribution in [2.45, 2.75) is 59.2 Å². The Kier molecular flexibility index (Phi) is 3.78. The lowest BCUT2D eigenvalue weighted by Crippen LogP contribution is -2.35. The molecule has 0 N–H and O–H groups in total. The van der Waals surface area contributed by atoms with E-state index in [-0.39, 0.29) is 29.3 Å². The third-order valence-electron chi connectivity index (χ3n) is 5.47. The molecule has 5 nitrogen and oxygen atoms in total. The molecule has 2 aromatic rings. The van der Waals surface area contributed by atoms with Crippen LogP contribution >= 0.6 is 0 Å². The summed E-state index contributed by atoms with van der Waals surface area (Å²) in [4.78, 5) is 25.4. The van der Waals surface area contributed by atoms with Gasteiger partial charge in [0.05, 0.1) is 16.9 Å². The molecule has 2 aliphatic heterocycles. The van der Waals surface area contributed by atoms with Gasteiger partial charge in [-0.3, -0.25) is 4.79 Å². The molecule has 0 amide bonds. The van der Waals surface area contributed by atoms with Crippen LogP contribution in [0.5, 0.6) is 11.5 Å². The highest BCUT2D eigenvalue weighted by Crippen LogP contribution is 2.49. The smallest absolute Gasteiger partial charge is 0.336 e. The Bertz CT molecular complexity index is 1050. The van der Waals surface area contributed by atoms with Crippen molar-refractivity contribution in [1.29, 1.82) is 0 Å². The van der Waals surface area contributed by atoms with Crippen LogP contribution in [-0.4, -0.2) is 17.5 Å². The van der Waals surface area contributed by atoms with E-state index >= 15 is 0 Å². The minimum atomic E-state index is -0.518. The van der Waals surface area contributed by atoms with Crippen LogP contribution in [0.25, 0.3) is 17.0 Å². The lowest BCUT2D eigenvalue weighted by atomic mass is 9.85. The van der Waals surface area contributed by atoms with E-state index in [1.165, 1.54) is 6.07 Å². The van der Waals surface area contributed by atoms with E-state index in [1.54, 1.807) is 0 Å². The Morgan fingerprint density at radius 1 is 1.11 bits per heavy atom. The molecule has 5 heteroatoms. The topological polar surface area (TPSA) is 65.7 Å². The second-order valence-corrected chi connectivity index (χ2v) is 8.34. The third kappa shape index (κ3) is 2.59. The van der Waals surface area contributed by atoms with Crippen molar-refractivity contribution in [3.8, 4) is 11.5 Å². The summed E-state index contributed by atoms with van der Waals surface area (Å²) in [5, 5.41) is 0.689. The van der Waals surface area contributed by atoms with Gasteiger partial charge in [-0.1, -0.05) is 20.8 Å². The summed E-state index contributed by atoms with van der Waals surface area (Å²) in [5.74, 6) is 0.727. The highest BCUT2D eigenvalue weighted by molar-refractivity contribution is 6.14. The van der Waals surface area contributed by atoms with Crippen molar-refractivity contribution in [2.24, 2.45) is 5.92 Å². The molecule has 0 bridgehead atoms. The number of fused-ring (bicyclic) bond motifs is 6. The van der Waals surface area contributed by atoms with Gasteiger partial charge in [-0.2, -0.15) is 0 Å². The first-order chi connectivity index (χ1) is 12.6. The first-order valence-corrected chi connectivity index (χ1v) is 9.37. The molecule has 142 valence electrons. The Morgan fingerprint density at radius 2 is 1.81 bits per heavy atom. The van der Waals surface area contributed by atoms with Gasteiger partial charge in [0.1, 0.15) is 28.8 Å². The summed E-state index contributed by atoms with van der Waals surface area (Å²) in [6.45, 7) is 11.6. The number of ketones is 1. The van der Waals surface area contributed by atoms with Crippen molar-refractivity contribution >= 4 is 22.8 Å². The highest BCUT2D eigenvalue weighted by Gasteiger charge is 2.39. The van der Waals surface area contributed by atoms with E-state index in [0.29, 0.717) is 22.4 Å². The maximum Gasteiger partial charge on any atom is 0.336 e. The third-order valence-corrected chi connectivity index (χ3v) is 5.47. The Morgan fingerprint density at radius 3 is 2.48 bits per heavy atom. The van der Waals surface area contributed by atoms with Crippen molar-refractivity contribution in [3.63, 3.8) is 0 Å². The lowest BCUT2D eigenvalue weighted by Gasteiger charge is -2.34. The molecular weight excluding hydrogens is 344 g/mol. The second kappa shape index (κ2) is 5.72. The van der Waals surface area contributed by atoms with Crippen LogP contribution in [0, 0.1) is 5.92 Å². The van der Waals surface area contributed by atoms with Crippen LogP contribution in [0.15, 0.2) is 21.4 Å². The monoisotopic (exact) mass is 368 g/mol. The van der Waals surface area contributed by atoms with E-state index in [9.17, 15) is 9.59 Å². The number of hydrogen-bond donors (Lipinski definition) is 0. The quantitative estimate of drug-likeness (QED) is 0.683. The average molecular weight is 368 g/mol. The van der Waals surface area contributed by atoms with Gasteiger partial charge in [0.2, 0.25) is 0 Å². The summed E-state index contributed by atoms with van der Waals surface area (Å²) >= 11 is 0. The fourth-order valence-corrected chi connectivity index (χ4v) is 3.77. The molecule has 0 unspecified atom stereocenters. The van der Waals surface area contributed by atoms with Crippen molar-refractivity contribution in [3.05, 3.63) is 39.3 Å². The van der Waals surface area contributed by atoms with E-state index in [4.69, 9.17) is 13.9 Å². The maximum absolute atomic E-state index is 13.1. The molecule has 0 spiro atoms. The van der Waals surface area contributed by atoms with Gasteiger partial charge < -0.3 is 13.9 Å². The molecule has 4 rings (SSSR count). The van der Waals surface area contributed by atoms with Crippen molar-refractivity contribution in [1.82, 2.24) is 0 Å². The van der Waals surface area contributed by atoms with Crippen LogP contribution in [0.3, 0.4) is 0 Å². The van der Waals surface area contributed by atoms with Gasteiger partial charge in [0.25, 0.3) is 0 Å². The normalized spacial score (nSPS) is 23.0. The van der Waals surface area contributed by atoms with Crippen molar-refractivity contribution < 1.29 is 18.7 Å². The standard InChI is InChI=1S/C22H24O5/c1-10(2)14-9-15(23)26-21-16(14)20-13(7-8-22(5,6)27-20)19-17(21)18(24)11(3)12(4)25-19/h7-12H,1-6H3/t11-,12-/m0/s1. The van der Waals surface area contributed by atoms with Gasteiger partial charge in [0, 0.05) is 6.07 Å². The molecule has 0 saturated heterocycles. The number of benzene rings is 1. The predicted octanol–water partition coefficient (Wildman–Crippen LogP) is 4.70. The van der Waals surface area contributed by atoms with Crippen molar-refractivity contribution in [2.75, 3.05) is 0 Å². The molecule has 1 aromatic carbocycles. The van der Waals surface area contributed by atoms with E-state index in [2.05, 4.69) is 0 Å². The number of rotatable bonds is 1. The van der Waals surface area contributed by atoms with Crippen LogP contribution in [0.4, 0.5) is 0 Å². The zero-order valence-corrected chi connectivity index (χ0v) is 16.5. The molecule has 0 saturated carbocycles. The van der Waals surface area contributed by atoms with E-state index < -0.39 is 11.2 Å². The zero-order chi connectivity index (χ0) is 19.7. The van der Waals surface area contributed by atoms with E-state index in [1.807, 2.05) is 53.7 Å². The summed E-state index contributed by atoms with van der Waals surface area (Å²) in [5.41, 5.74) is 1.18. The van der Waals surface area contributed by atoms with Gasteiger partial charge >= 0.3 is 5.63 Å². The largest absolute Gasteiger partial charge is 0.488 e. The predicted molar refractivity (Wildman–Crippen MR) is 104 cm³/mol. The molecule has 0 radical (unpaired) electrons. The molecular formula is C22H24O5. The fraction of sp³-hybridized carbons (Fsp3) is 0.455. The van der Waals surface area contributed by atoms with Crippen LogP contribution in [0.2, 0.25) is 0 Å². The number of hydrogen-bond acceptors (Lipinski definition) is 5. The fourth-order valence-electron chi connectivity index (χ4n) is 3.77. The summed E-state index contributed by atoms with van der Waals surface area (Å²) < 4.78 is 18.0. The SMILES string of the molecule is CC(C)c1cc(=O)oc2c3c(c4c(c12)OC(C)(C)C=C4)O[C@@H](C)[C@H](C)C3=O.